The molecule has 1 amide bonds. The van der Waals surface area contributed by atoms with Gasteiger partial charge in [-0.1, -0.05) is 54.2 Å². The Morgan fingerprint density at radius 1 is 1.03 bits per heavy atom. The summed E-state index contributed by atoms with van der Waals surface area (Å²) in [5.41, 5.74) is 1.67. The maximum Gasteiger partial charge on any atom is 0.262 e. The molecule has 0 atom stereocenters. The van der Waals surface area contributed by atoms with E-state index in [0.717, 1.165) is 5.56 Å². The van der Waals surface area contributed by atoms with Crippen molar-refractivity contribution in [1.82, 2.24) is 14.5 Å². The number of carbonyl (C=O) groups excluding carboxylic acids is 1. The smallest absolute Gasteiger partial charge is 0.262 e. The predicted molar refractivity (Wildman–Crippen MR) is 114 cm³/mol. The molecule has 0 unspecified atom stereocenters. The first kappa shape index (κ1) is 19.7. The Morgan fingerprint density at radius 2 is 1.76 bits per heavy atom. The molecule has 1 aromatic heterocycles. The van der Waals surface area contributed by atoms with Gasteiger partial charge >= 0.3 is 0 Å². The van der Waals surface area contributed by atoms with Gasteiger partial charge in [0.1, 0.15) is 0 Å². The molecular weight excluding hydrogens is 386 g/mol. The van der Waals surface area contributed by atoms with Crippen LogP contribution in [-0.4, -0.2) is 52.4 Å². The highest BCUT2D eigenvalue weighted by atomic mass is 32.2. The number of aromatic nitrogens is 2. The molecule has 0 bridgehead atoms. The third-order valence-electron chi connectivity index (χ3n) is 4.92. The number of hydrogen-bond donors (Lipinski definition) is 0. The van der Waals surface area contributed by atoms with Crippen LogP contribution in [0.3, 0.4) is 0 Å². The fraction of sp³-hybridized carbons (Fsp3) is 0.318. The van der Waals surface area contributed by atoms with E-state index in [2.05, 4.69) is 0 Å². The zero-order chi connectivity index (χ0) is 20.1. The van der Waals surface area contributed by atoms with Crippen molar-refractivity contribution in [3.63, 3.8) is 0 Å². The molecule has 3 aromatic rings. The molecule has 1 saturated heterocycles. The van der Waals surface area contributed by atoms with E-state index in [-0.39, 0.29) is 11.5 Å². The van der Waals surface area contributed by atoms with Crippen molar-refractivity contribution in [1.29, 1.82) is 0 Å². The van der Waals surface area contributed by atoms with Gasteiger partial charge < -0.3 is 9.64 Å². The summed E-state index contributed by atoms with van der Waals surface area (Å²) in [6, 6.07) is 17.3. The van der Waals surface area contributed by atoms with Crippen LogP contribution in [0.15, 0.2) is 64.5 Å². The van der Waals surface area contributed by atoms with Gasteiger partial charge in [0.05, 0.1) is 30.7 Å². The summed E-state index contributed by atoms with van der Waals surface area (Å²) in [4.78, 5) is 32.1. The lowest BCUT2D eigenvalue weighted by Gasteiger charge is -2.26. The van der Waals surface area contributed by atoms with Crippen molar-refractivity contribution in [2.45, 2.75) is 18.1 Å². The van der Waals surface area contributed by atoms with E-state index in [1.54, 1.807) is 4.57 Å². The summed E-state index contributed by atoms with van der Waals surface area (Å²) >= 11 is 1.46. The maximum absolute atomic E-state index is 13.1. The number of amides is 1. The first-order chi connectivity index (χ1) is 14.2. The van der Waals surface area contributed by atoms with Gasteiger partial charge in [0, 0.05) is 25.3 Å². The third-order valence-corrected chi connectivity index (χ3v) is 5.90. The number of rotatable bonds is 6. The van der Waals surface area contributed by atoms with Gasteiger partial charge in [-0.2, -0.15) is 0 Å². The molecule has 150 valence electrons. The average Bonchev–Trinajstić information content (AvgIpc) is 2.77. The Balaban J connectivity index is 1.55. The first-order valence-electron chi connectivity index (χ1n) is 9.74. The number of fused-ring (bicyclic) bond motifs is 1. The van der Waals surface area contributed by atoms with Crippen molar-refractivity contribution >= 4 is 28.6 Å². The van der Waals surface area contributed by atoms with Gasteiger partial charge in [-0.05, 0) is 17.7 Å². The monoisotopic (exact) mass is 409 g/mol. The maximum atomic E-state index is 13.1. The SMILES string of the molecule is O=C(CCSc1nc2ccccc2c(=O)n1Cc1ccccc1)N1CCOCC1. The van der Waals surface area contributed by atoms with Crippen LogP contribution in [0.2, 0.25) is 0 Å². The van der Waals surface area contributed by atoms with Crippen LogP contribution in [0.5, 0.6) is 0 Å². The standard InChI is InChI=1S/C22H23N3O3S/c26-20(24-11-13-28-14-12-24)10-15-29-22-23-19-9-5-4-8-18(19)21(27)25(22)16-17-6-2-1-3-7-17/h1-9H,10-16H2. The van der Waals surface area contributed by atoms with Crippen LogP contribution >= 0.6 is 11.8 Å². The molecule has 0 radical (unpaired) electrons. The van der Waals surface area contributed by atoms with Gasteiger partial charge in [0.2, 0.25) is 5.91 Å². The van der Waals surface area contributed by atoms with Crippen LogP contribution in [-0.2, 0) is 16.1 Å². The molecule has 2 heterocycles. The fourth-order valence-electron chi connectivity index (χ4n) is 3.36. The van der Waals surface area contributed by atoms with Crippen molar-refractivity contribution in [3.05, 3.63) is 70.5 Å². The molecule has 0 aliphatic carbocycles. The number of ether oxygens (including phenoxy) is 1. The van der Waals surface area contributed by atoms with E-state index in [4.69, 9.17) is 9.72 Å². The van der Waals surface area contributed by atoms with E-state index in [1.807, 2.05) is 59.5 Å². The van der Waals surface area contributed by atoms with Crippen LogP contribution in [0, 0.1) is 0 Å². The Hall–Kier alpha value is -2.64. The molecular formula is C22H23N3O3S. The molecule has 4 rings (SSSR count). The van der Waals surface area contributed by atoms with Crippen LogP contribution in [0.4, 0.5) is 0 Å². The lowest BCUT2D eigenvalue weighted by Crippen LogP contribution is -2.40. The van der Waals surface area contributed by atoms with Crippen molar-refractivity contribution < 1.29 is 9.53 Å². The predicted octanol–water partition coefficient (Wildman–Crippen LogP) is 2.79. The highest BCUT2D eigenvalue weighted by molar-refractivity contribution is 7.99. The zero-order valence-electron chi connectivity index (χ0n) is 16.1. The molecule has 2 aromatic carbocycles. The Kier molecular flexibility index (Phi) is 6.27. The summed E-state index contributed by atoms with van der Waals surface area (Å²) < 4.78 is 7.01. The molecule has 7 heteroatoms. The lowest BCUT2D eigenvalue weighted by atomic mass is 10.2. The van der Waals surface area contributed by atoms with Crippen molar-refractivity contribution in [3.8, 4) is 0 Å². The second-order valence-corrected chi connectivity index (χ2v) is 7.94. The molecule has 29 heavy (non-hydrogen) atoms. The fourth-order valence-corrected chi connectivity index (χ4v) is 4.29. The Morgan fingerprint density at radius 3 is 2.55 bits per heavy atom. The minimum absolute atomic E-state index is 0.0542. The third kappa shape index (κ3) is 4.68. The van der Waals surface area contributed by atoms with Gasteiger partial charge in [-0.3, -0.25) is 14.2 Å². The van der Waals surface area contributed by atoms with Gasteiger partial charge in [-0.15, -0.1) is 0 Å². The molecule has 0 saturated carbocycles. The highest BCUT2D eigenvalue weighted by Gasteiger charge is 2.17. The summed E-state index contributed by atoms with van der Waals surface area (Å²) in [7, 11) is 0. The summed E-state index contributed by atoms with van der Waals surface area (Å²) in [5.74, 6) is 0.703. The molecule has 0 spiro atoms. The molecule has 6 nitrogen and oxygen atoms in total. The van der Waals surface area contributed by atoms with E-state index >= 15 is 0 Å². The number of para-hydroxylation sites is 1. The Labute approximate surface area is 173 Å². The molecule has 1 fully saturated rings. The van der Waals surface area contributed by atoms with E-state index in [1.165, 1.54) is 11.8 Å². The zero-order valence-corrected chi connectivity index (χ0v) is 16.9. The summed E-state index contributed by atoms with van der Waals surface area (Å²) in [6.07, 6.45) is 0.415. The second-order valence-electron chi connectivity index (χ2n) is 6.88. The largest absolute Gasteiger partial charge is 0.378 e. The molecule has 1 aliphatic heterocycles. The average molecular weight is 410 g/mol. The number of nitrogens with zero attached hydrogens (tertiary/aromatic N) is 3. The number of morpholine rings is 1. The lowest BCUT2D eigenvalue weighted by molar-refractivity contribution is -0.134. The Bertz CT molecular complexity index is 1050. The number of carbonyl (C=O) groups is 1. The van der Waals surface area contributed by atoms with Crippen LogP contribution in [0.1, 0.15) is 12.0 Å². The number of hydrogen-bond acceptors (Lipinski definition) is 5. The van der Waals surface area contributed by atoms with Gasteiger partial charge in [0.25, 0.3) is 5.56 Å². The normalized spacial score (nSPS) is 14.3. The minimum atomic E-state index is -0.0542. The van der Waals surface area contributed by atoms with E-state index < -0.39 is 0 Å². The van der Waals surface area contributed by atoms with E-state index in [0.29, 0.717) is 61.1 Å². The molecule has 1 aliphatic rings. The van der Waals surface area contributed by atoms with Gasteiger partial charge in [0.15, 0.2) is 5.16 Å². The first-order valence-corrected chi connectivity index (χ1v) is 10.7. The highest BCUT2D eigenvalue weighted by Crippen LogP contribution is 2.20. The number of thioether (sulfide) groups is 1. The van der Waals surface area contributed by atoms with Crippen LogP contribution < -0.4 is 5.56 Å². The van der Waals surface area contributed by atoms with E-state index in [9.17, 15) is 9.59 Å². The minimum Gasteiger partial charge on any atom is -0.378 e. The number of benzene rings is 2. The quantitative estimate of drug-likeness (QED) is 0.463. The summed E-state index contributed by atoms with van der Waals surface area (Å²) in [6.45, 7) is 2.95. The molecule has 0 N–H and O–H groups in total. The van der Waals surface area contributed by atoms with Crippen LogP contribution in [0.25, 0.3) is 10.9 Å². The summed E-state index contributed by atoms with van der Waals surface area (Å²) in [5, 5.41) is 1.25. The second kappa shape index (κ2) is 9.24. The topological polar surface area (TPSA) is 64.4 Å². The van der Waals surface area contributed by atoms with Crippen molar-refractivity contribution in [2.24, 2.45) is 0 Å². The van der Waals surface area contributed by atoms with Gasteiger partial charge in [-0.25, -0.2) is 4.98 Å². The van der Waals surface area contributed by atoms with Crippen molar-refractivity contribution in [2.75, 3.05) is 32.1 Å².